The number of hydrogen-bond donors (Lipinski definition) is 2. The number of fused-ring (bicyclic) bond motifs is 5. The number of ketones is 1. The van der Waals surface area contributed by atoms with Crippen LogP contribution in [-0.2, 0) is 19.7 Å². The fourth-order valence-electron chi connectivity index (χ4n) is 9.29. The van der Waals surface area contributed by atoms with Crippen LogP contribution in [0.3, 0.4) is 0 Å². The van der Waals surface area contributed by atoms with Crippen molar-refractivity contribution < 1.29 is 22.6 Å². The van der Waals surface area contributed by atoms with Gasteiger partial charge in [0.2, 0.25) is 5.91 Å². The SMILES string of the molecule is C[C@H](CCC(=O)N[C@@H](C)CS(=O)(=O)O)[C@H]1CC[C@H]2[C@@H]3CC[C@@H]4CC(=O)CC[C@]4(C)[C@H]3CC[C@]12C. The van der Waals surface area contributed by atoms with E-state index in [4.69, 9.17) is 4.55 Å². The third-order valence-electron chi connectivity index (χ3n) is 10.9. The monoisotopic (exact) mass is 495 g/mol. The Hall–Kier alpha value is -0.950. The number of hydrogen-bond acceptors (Lipinski definition) is 4. The minimum Gasteiger partial charge on any atom is -0.353 e. The summed E-state index contributed by atoms with van der Waals surface area (Å²) in [5, 5.41) is 2.72. The van der Waals surface area contributed by atoms with Crippen molar-refractivity contribution in [3.05, 3.63) is 0 Å². The number of carbonyl (C=O) groups is 2. The average Bonchev–Trinajstić information content (AvgIpc) is 3.08. The van der Waals surface area contributed by atoms with Crippen LogP contribution in [0.5, 0.6) is 0 Å². The molecule has 0 spiro atoms. The average molecular weight is 496 g/mol. The van der Waals surface area contributed by atoms with Crippen molar-refractivity contribution in [3.8, 4) is 0 Å². The summed E-state index contributed by atoms with van der Waals surface area (Å²) in [6.45, 7) is 8.92. The standard InChI is InChI=1S/C27H45NO5S/c1-17(5-10-25(30)28-18(2)16-34(31,32)33)22-8-9-23-21-7-6-19-15-20(29)11-13-26(19,3)24(21)12-14-27(22,23)4/h17-19,21-24H,5-16H2,1-4H3,(H,28,30)(H,31,32,33)/t17-,18+,19-,21+,22-,23+,24+,26+,27-/m1/s1. The van der Waals surface area contributed by atoms with E-state index < -0.39 is 21.9 Å². The van der Waals surface area contributed by atoms with E-state index in [1.54, 1.807) is 6.92 Å². The summed E-state index contributed by atoms with van der Waals surface area (Å²) < 4.78 is 31.0. The Labute approximate surface area is 206 Å². The van der Waals surface area contributed by atoms with Crippen LogP contribution in [-0.4, -0.2) is 36.5 Å². The highest BCUT2D eigenvalue weighted by atomic mass is 32.2. The van der Waals surface area contributed by atoms with E-state index in [1.807, 2.05) is 0 Å². The number of rotatable bonds is 7. The lowest BCUT2D eigenvalue weighted by Crippen LogP contribution is -2.53. The molecule has 4 saturated carbocycles. The lowest BCUT2D eigenvalue weighted by atomic mass is 9.44. The van der Waals surface area contributed by atoms with Gasteiger partial charge in [0.25, 0.3) is 10.1 Å². The van der Waals surface area contributed by atoms with E-state index in [1.165, 1.54) is 38.5 Å². The van der Waals surface area contributed by atoms with Gasteiger partial charge in [-0.2, -0.15) is 8.42 Å². The molecule has 34 heavy (non-hydrogen) atoms. The number of amides is 1. The van der Waals surface area contributed by atoms with Crippen molar-refractivity contribution in [1.82, 2.24) is 5.32 Å². The van der Waals surface area contributed by atoms with Gasteiger partial charge in [-0.15, -0.1) is 0 Å². The molecule has 0 aliphatic heterocycles. The van der Waals surface area contributed by atoms with Crippen LogP contribution < -0.4 is 5.32 Å². The zero-order chi connectivity index (χ0) is 24.9. The Morgan fingerprint density at radius 2 is 1.76 bits per heavy atom. The van der Waals surface area contributed by atoms with Gasteiger partial charge >= 0.3 is 0 Å². The summed E-state index contributed by atoms with van der Waals surface area (Å²) in [4.78, 5) is 24.5. The van der Waals surface area contributed by atoms with E-state index in [2.05, 4.69) is 26.1 Å². The highest BCUT2D eigenvalue weighted by Crippen LogP contribution is 2.68. The first-order valence-electron chi connectivity index (χ1n) is 13.6. The first kappa shape index (κ1) is 26.1. The third kappa shape index (κ3) is 4.98. The molecular formula is C27H45NO5S. The summed E-state index contributed by atoms with van der Waals surface area (Å²) in [6, 6.07) is -0.590. The van der Waals surface area contributed by atoms with E-state index in [-0.39, 0.29) is 5.91 Å². The van der Waals surface area contributed by atoms with Gasteiger partial charge in [0, 0.05) is 25.3 Å². The highest BCUT2D eigenvalue weighted by molar-refractivity contribution is 7.85. The molecule has 4 rings (SSSR count). The largest absolute Gasteiger partial charge is 0.353 e. The molecule has 0 heterocycles. The van der Waals surface area contributed by atoms with Crippen LogP contribution in [0.2, 0.25) is 0 Å². The maximum atomic E-state index is 12.4. The van der Waals surface area contributed by atoms with Gasteiger partial charge in [0.1, 0.15) is 5.78 Å². The molecule has 4 aliphatic carbocycles. The van der Waals surface area contributed by atoms with Crippen LogP contribution in [0.15, 0.2) is 0 Å². The Kier molecular flexibility index (Phi) is 7.29. The minimum absolute atomic E-state index is 0.135. The van der Waals surface area contributed by atoms with Gasteiger partial charge in [0.15, 0.2) is 0 Å². The normalized spacial score (nSPS) is 41.7. The van der Waals surface area contributed by atoms with Gasteiger partial charge < -0.3 is 5.32 Å². The zero-order valence-corrected chi connectivity index (χ0v) is 22.3. The second-order valence-corrected chi connectivity index (χ2v) is 14.4. The Bertz CT molecular complexity index is 903. The summed E-state index contributed by atoms with van der Waals surface area (Å²) in [5.41, 5.74) is 0.682. The van der Waals surface area contributed by atoms with Crippen molar-refractivity contribution in [2.24, 2.45) is 46.3 Å². The summed E-state index contributed by atoms with van der Waals surface area (Å²) in [5.74, 6) is 3.88. The van der Waals surface area contributed by atoms with Crippen molar-refractivity contribution in [2.75, 3.05) is 5.75 Å². The molecule has 4 fully saturated rings. The van der Waals surface area contributed by atoms with Crippen molar-refractivity contribution in [3.63, 3.8) is 0 Å². The molecule has 0 radical (unpaired) electrons. The van der Waals surface area contributed by atoms with Gasteiger partial charge in [-0.3, -0.25) is 14.1 Å². The van der Waals surface area contributed by atoms with Crippen LogP contribution in [0.1, 0.15) is 98.3 Å². The lowest BCUT2D eigenvalue weighted by Gasteiger charge is -2.60. The molecular weight excluding hydrogens is 450 g/mol. The fraction of sp³-hybridized carbons (Fsp3) is 0.926. The molecule has 0 aromatic heterocycles. The molecule has 0 unspecified atom stereocenters. The lowest BCUT2D eigenvalue weighted by molar-refractivity contribution is -0.140. The topological polar surface area (TPSA) is 101 Å². The second-order valence-electron chi connectivity index (χ2n) is 12.9. The molecule has 0 bridgehead atoms. The molecule has 1 amide bonds. The van der Waals surface area contributed by atoms with Crippen LogP contribution >= 0.6 is 0 Å². The van der Waals surface area contributed by atoms with Crippen molar-refractivity contribution in [1.29, 1.82) is 0 Å². The van der Waals surface area contributed by atoms with Gasteiger partial charge in [-0.25, -0.2) is 0 Å². The summed E-state index contributed by atoms with van der Waals surface area (Å²) >= 11 is 0. The predicted octanol–water partition coefficient (Wildman–Crippen LogP) is 5.02. The molecule has 9 atom stereocenters. The van der Waals surface area contributed by atoms with Gasteiger partial charge in [-0.1, -0.05) is 20.8 Å². The van der Waals surface area contributed by atoms with Gasteiger partial charge in [-0.05, 0) is 105 Å². The maximum Gasteiger partial charge on any atom is 0.266 e. The van der Waals surface area contributed by atoms with E-state index in [0.717, 1.165) is 43.4 Å². The van der Waals surface area contributed by atoms with E-state index in [9.17, 15) is 18.0 Å². The molecule has 7 heteroatoms. The van der Waals surface area contributed by atoms with Crippen LogP contribution in [0, 0.1) is 46.3 Å². The first-order valence-corrected chi connectivity index (χ1v) is 15.2. The summed E-state index contributed by atoms with van der Waals surface area (Å²) in [6.07, 6.45) is 11.5. The molecule has 0 saturated heterocycles. The van der Waals surface area contributed by atoms with Crippen LogP contribution in [0.25, 0.3) is 0 Å². The molecule has 194 valence electrons. The second kappa shape index (κ2) is 9.49. The third-order valence-corrected chi connectivity index (χ3v) is 11.9. The van der Waals surface area contributed by atoms with E-state index >= 15 is 0 Å². The van der Waals surface area contributed by atoms with E-state index in [0.29, 0.717) is 40.8 Å². The highest BCUT2D eigenvalue weighted by Gasteiger charge is 2.60. The number of carbonyl (C=O) groups excluding carboxylic acids is 2. The molecule has 0 aromatic rings. The smallest absolute Gasteiger partial charge is 0.266 e. The predicted molar refractivity (Wildman–Crippen MR) is 133 cm³/mol. The Morgan fingerprint density at radius 3 is 2.47 bits per heavy atom. The Balaban J connectivity index is 1.36. The first-order chi connectivity index (χ1) is 15.8. The maximum absolute atomic E-state index is 12.4. The molecule has 0 aromatic carbocycles. The zero-order valence-electron chi connectivity index (χ0n) is 21.5. The number of Topliss-reactive ketones (excluding diaryl/α,β-unsaturated/α-hetero) is 1. The van der Waals surface area contributed by atoms with Crippen molar-refractivity contribution in [2.45, 2.75) is 104 Å². The van der Waals surface area contributed by atoms with Crippen LogP contribution in [0.4, 0.5) is 0 Å². The van der Waals surface area contributed by atoms with Gasteiger partial charge in [0.05, 0.1) is 5.75 Å². The molecule has 4 aliphatic rings. The quantitative estimate of drug-likeness (QED) is 0.483. The summed E-state index contributed by atoms with van der Waals surface area (Å²) in [7, 11) is -4.09. The minimum atomic E-state index is -4.09. The fourth-order valence-corrected chi connectivity index (χ4v) is 10.0. The van der Waals surface area contributed by atoms with Crippen molar-refractivity contribution >= 4 is 21.8 Å². The Morgan fingerprint density at radius 1 is 1.06 bits per heavy atom. The molecule has 6 nitrogen and oxygen atoms in total. The number of nitrogens with one attached hydrogen (secondary N) is 1. The molecule has 2 N–H and O–H groups in total.